The highest BCUT2D eigenvalue weighted by Gasteiger charge is 2.13. The molecule has 132 valence electrons. The van der Waals surface area contributed by atoms with E-state index < -0.39 is 11.8 Å². The van der Waals surface area contributed by atoms with Gasteiger partial charge in [-0.3, -0.25) is 9.59 Å². The molecule has 0 aliphatic carbocycles. The van der Waals surface area contributed by atoms with Crippen molar-refractivity contribution in [2.24, 2.45) is 5.10 Å². The van der Waals surface area contributed by atoms with Gasteiger partial charge in [0, 0.05) is 0 Å². The molecule has 0 saturated carbocycles. The third kappa shape index (κ3) is 4.20. The first-order valence-electron chi connectivity index (χ1n) is 7.74. The van der Waals surface area contributed by atoms with Crippen molar-refractivity contribution in [1.82, 2.24) is 25.5 Å². The number of rotatable bonds is 5. The number of amides is 2. The summed E-state index contributed by atoms with van der Waals surface area (Å²) in [6, 6.07) is 10.8. The van der Waals surface area contributed by atoms with E-state index in [9.17, 15) is 9.59 Å². The largest absolute Gasteiger partial charge is 0.467 e. The maximum absolute atomic E-state index is 11.8. The molecule has 2 heterocycles. The van der Waals surface area contributed by atoms with Crippen LogP contribution in [0.15, 0.2) is 64.8 Å². The van der Waals surface area contributed by atoms with Crippen LogP contribution in [0.3, 0.4) is 0 Å². The molecule has 0 aliphatic rings. The van der Waals surface area contributed by atoms with Crippen molar-refractivity contribution in [3.8, 4) is 5.69 Å². The van der Waals surface area contributed by atoms with Crippen LogP contribution in [0, 0.1) is 0 Å². The van der Waals surface area contributed by atoms with Gasteiger partial charge in [-0.05, 0) is 36.8 Å². The lowest BCUT2D eigenvalue weighted by Gasteiger charge is -2.05. The summed E-state index contributed by atoms with van der Waals surface area (Å²) in [7, 11) is 0. The van der Waals surface area contributed by atoms with Gasteiger partial charge in [-0.2, -0.15) is 10.2 Å². The van der Waals surface area contributed by atoms with Gasteiger partial charge in [0.2, 0.25) is 0 Å². The minimum Gasteiger partial charge on any atom is -0.467 e. The molecule has 2 amide bonds. The summed E-state index contributed by atoms with van der Waals surface area (Å²) < 4.78 is 6.70. The Balaban J connectivity index is 1.55. The number of aromatic nitrogens is 3. The zero-order valence-electron chi connectivity index (χ0n) is 13.9. The molecule has 1 aromatic carbocycles. The Morgan fingerprint density at radius 3 is 2.65 bits per heavy atom. The minimum atomic E-state index is -0.852. The standard InChI is InChI=1S/C17H16N6O3/c1-12(13-4-6-14(7-5-13)23-11-18-10-20-23)21-22-17(25)16(24)19-9-15-3-2-8-26-15/h2-8,10-11H,9H2,1H3,(H,19,24)(H,22,25)/b21-12-. The second kappa shape index (κ2) is 7.88. The van der Waals surface area contributed by atoms with E-state index in [0.717, 1.165) is 11.3 Å². The van der Waals surface area contributed by atoms with E-state index in [0.29, 0.717) is 11.5 Å². The lowest BCUT2D eigenvalue weighted by atomic mass is 10.1. The van der Waals surface area contributed by atoms with Crippen molar-refractivity contribution in [3.05, 3.63) is 66.6 Å². The summed E-state index contributed by atoms with van der Waals surface area (Å²) in [6.07, 6.45) is 4.54. The molecule has 0 atom stereocenters. The Kier molecular flexibility index (Phi) is 5.18. The molecule has 0 fully saturated rings. The Labute approximate surface area is 148 Å². The molecule has 0 bridgehead atoms. The number of furan rings is 1. The van der Waals surface area contributed by atoms with Crippen LogP contribution in [0.2, 0.25) is 0 Å². The van der Waals surface area contributed by atoms with Gasteiger partial charge >= 0.3 is 11.8 Å². The molecule has 3 rings (SSSR count). The number of carbonyl (C=O) groups excluding carboxylic acids is 2. The fraction of sp³-hybridized carbons (Fsp3) is 0.118. The van der Waals surface area contributed by atoms with E-state index in [1.165, 1.54) is 12.6 Å². The van der Waals surface area contributed by atoms with Gasteiger partial charge in [0.05, 0.1) is 24.2 Å². The van der Waals surface area contributed by atoms with E-state index in [1.807, 2.05) is 24.3 Å². The van der Waals surface area contributed by atoms with Crippen LogP contribution in [0.1, 0.15) is 18.2 Å². The van der Waals surface area contributed by atoms with Crippen molar-refractivity contribution in [1.29, 1.82) is 0 Å². The van der Waals surface area contributed by atoms with Gasteiger partial charge < -0.3 is 9.73 Å². The maximum atomic E-state index is 11.8. The fourth-order valence-corrected chi connectivity index (χ4v) is 2.11. The fourth-order valence-electron chi connectivity index (χ4n) is 2.11. The van der Waals surface area contributed by atoms with Crippen LogP contribution < -0.4 is 10.7 Å². The summed E-state index contributed by atoms with van der Waals surface area (Å²) in [5.41, 5.74) is 4.43. The van der Waals surface area contributed by atoms with Gasteiger partial charge in [0.25, 0.3) is 0 Å². The lowest BCUT2D eigenvalue weighted by Crippen LogP contribution is -2.37. The maximum Gasteiger partial charge on any atom is 0.329 e. The zero-order valence-corrected chi connectivity index (χ0v) is 13.9. The highest BCUT2D eigenvalue weighted by molar-refractivity contribution is 6.35. The molecule has 2 aromatic heterocycles. The van der Waals surface area contributed by atoms with Gasteiger partial charge in [0.15, 0.2) is 0 Å². The summed E-state index contributed by atoms with van der Waals surface area (Å²) >= 11 is 0. The lowest BCUT2D eigenvalue weighted by molar-refractivity contribution is -0.139. The van der Waals surface area contributed by atoms with Crippen LogP contribution in [0.4, 0.5) is 0 Å². The molecule has 26 heavy (non-hydrogen) atoms. The molecule has 0 saturated heterocycles. The predicted octanol–water partition coefficient (Wildman–Crippen LogP) is 1.02. The summed E-state index contributed by atoms with van der Waals surface area (Å²) in [4.78, 5) is 27.4. The monoisotopic (exact) mass is 352 g/mol. The van der Waals surface area contributed by atoms with E-state index in [2.05, 4.69) is 25.9 Å². The van der Waals surface area contributed by atoms with Gasteiger partial charge in [-0.15, -0.1) is 0 Å². The molecular weight excluding hydrogens is 336 g/mol. The highest BCUT2D eigenvalue weighted by atomic mass is 16.3. The number of nitrogens with one attached hydrogen (secondary N) is 2. The first-order valence-corrected chi connectivity index (χ1v) is 7.74. The molecule has 0 radical (unpaired) electrons. The van der Waals surface area contributed by atoms with Gasteiger partial charge in [-0.1, -0.05) is 12.1 Å². The molecular formula is C17H16N6O3. The number of carbonyl (C=O) groups is 2. The number of nitrogens with zero attached hydrogens (tertiary/aromatic N) is 4. The molecule has 2 N–H and O–H groups in total. The number of hydrogen-bond acceptors (Lipinski definition) is 6. The Morgan fingerprint density at radius 2 is 2.00 bits per heavy atom. The van der Waals surface area contributed by atoms with Crippen LogP contribution in [-0.2, 0) is 16.1 Å². The third-order valence-electron chi connectivity index (χ3n) is 3.50. The highest BCUT2D eigenvalue weighted by Crippen LogP contribution is 2.08. The van der Waals surface area contributed by atoms with Crippen LogP contribution in [0.5, 0.6) is 0 Å². The van der Waals surface area contributed by atoms with E-state index >= 15 is 0 Å². The average Bonchev–Trinajstić information content (AvgIpc) is 3.37. The van der Waals surface area contributed by atoms with Crippen molar-refractivity contribution in [2.75, 3.05) is 0 Å². The third-order valence-corrected chi connectivity index (χ3v) is 3.50. The van der Waals surface area contributed by atoms with Crippen LogP contribution in [0.25, 0.3) is 5.69 Å². The minimum absolute atomic E-state index is 0.131. The predicted molar refractivity (Wildman–Crippen MR) is 92.3 cm³/mol. The quantitative estimate of drug-likeness (QED) is 0.404. The second-order valence-electron chi connectivity index (χ2n) is 5.29. The summed E-state index contributed by atoms with van der Waals surface area (Å²) in [5.74, 6) is -1.09. The molecule has 0 spiro atoms. The van der Waals surface area contributed by atoms with E-state index in [1.54, 1.807) is 30.1 Å². The Hall–Kier alpha value is -3.75. The first kappa shape index (κ1) is 17.1. The van der Waals surface area contributed by atoms with Crippen molar-refractivity contribution >= 4 is 17.5 Å². The molecule has 9 nitrogen and oxygen atoms in total. The number of hydrogen-bond donors (Lipinski definition) is 2. The summed E-state index contributed by atoms with van der Waals surface area (Å²) in [5, 5.41) is 10.4. The summed E-state index contributed by atoms with van der Waals surface area (Å²) in [6.45, 7) is 1.86. The van der Waals surface area contributed by atoms with E-state index in [4.69, 9.17) is 4.42 Å². The average molecular weight is 352 g/mol. The first-order chi connectivity index (χ1) is 12.6. The van der Waals surface area contributed by atoms with Crippen LogP contribution >= 0.6 is 0 Å². The second-order valence-corrected chi connectivity index (χ2v) is 5.29. The van der Waals surface area contributed by atoms with Crippen LogP contribution in [-0.4, -0.2) is 32.3 Å². The van der Waals surface area contributed by atoms with E-state index in [-0.39, 0.29) is 6.54 Å². The SMILES string of the molecule is C/C(=N/NC(=O)C(=O)NCc1ccco1)c1ccc(-n2cncn2)cc1. The zero-order chi connectivity index (χ0) is 18.4. The molecule has 0 aliphatic heterocycles. The number of benzene rings is 1. The molecule has 9 heteroatoms. The van der Waals surface area contributed by atoms with Crippen molar-refractivity contribution in [3.63, 3.8) is 0 Å². The topological polar surface area (TPSA) is 114 Å². The Bertz CT molecular complexity index is 899. The Morgan fingerprint density at radius 1 is 1.19 bits per heavy atom. The normalized spacial score (nSPS) is 11.2. The van der Waals surface area contributed by atoms with Gasteiger partial charge in [0.1, 0.15) is 18.4 Å². The van der Waals surface area contributed by atoms with Crippen molar-refractivity contribution < 1.29 is 14.0 Å². The molecule has 3 aromatic rings. The number of hydrazone groups is 1. The van der Waals surface area contributed by atoms with Gasteiger partial charge in [-0.25, -0.2) is 15.1 Å². The smallest absolute Gasteiger partial charge is 0.329 e. The molecule has 0 unspecified atom stereocenters. The van der Waals surface area contributed by atoms with Crippen molar-refractivity contribution in [2.45, 2.75) is 13.5 Å².